The number of rotatable bonds is 9. The molecule has 4 rings (SSSR count). The number of carbonyl (C=O) groups excluding carboxylic acids is 1. The van der Waals surface area contributed by atoms with Gasteiger partial charge in [-0.05, 0) is 81.3 Å². The zero-order valence-corrected chi connectivity index (χ0v) is 22.4. The largest absolute Gasteiger partial charge is 0.493 e. The molecule has 8 nitrogen and oxygen atoms in total. The van der Waals surface area contributed by atoms with E-state index in [0.29, 0.717) is 30.2 Å². The number of benzene rings is 3. The molecule has 0 spiro atoms. The van der Waals surface area contributed by atoms with Crippen LogP contribution >= 0.6 is 12.4 Å². The Hall–Kier alpha value is -4.19. The number of nitrogens with zero attached hydrogens (tertiary/aromatic N) is 3. The Labute approximate surface area is 228 Å². The summed E-state index contributed by atoms with van der Waals surface area (Å²) in [5.41, 5.74) is 9.32. The number of anilines is 3. The van der Waals surface area contributed by atoms with Crippen molar-refractivity contribution >= 4 is 46.4 Å². The number of ether oxygens (including phenoxy) is 1. The van der Waals surface area contributed by atoms with Crippen LogP contribution in [0.3, 0.4) is 0 Å². The third kappa shape index (κ3) is 6.57. The van der Waals surface area contributed by atoms with Gasteiger partial charge in [0, 0.05) is 28.4 Å². The number of halogens is 1. The second-order valence-electron chi connectivity index (χ2n) is 9.32. The summed E-state index contributed by atoms with van der Waals surface area (Å²) in [4.78, 5) is 21.8. The van der Waals surface area contributed by atoms with Crippen LogP contribution in [0.2, 0.25) is 0 Å². The van der Waals surface area contributed by atoms with E-state index in [-0.39, 0.29) is 18.3 Å². The molecule has 0 atom stereocenters. The van der Waals surface area contributed by atoms with Crippen molar-refractivity contribution in [1.82, 2.24) is 9.97 Å². The van der Waals surface area contributed by atoms with Crippen LogP contribution in [0.4, 0.5) is 17.2 Å². The number of hydrogen-bond donors (Lipinski definition) is 3. The maximum atomic E-state index is 13.0. The summed E-state index contributed by atoms with van der Waals surface area (Å²) in [5, 5.41) is 16.6. The number of aromatic nitrogens is 2. The Morgan fingerprint density at radius 3 is 2.68 bits per heavy atom. The minimum Gasteiger partial charge on any atom is -0.493 e. The van der Waals surface area contributed by atoms with E-state index in [1.54, 1.807) is 18.2 Å². The summed E-state index contributed by atoms with van der Waals surface area (Å²) in [7, 11) is 0. The van der Waals surface area contributed by atoms with E-state index in [0.717, 1.165) is 39.9 Å². The molecule has 0 unspecified atom stereocenters. The van der Waals surface area contributed by atoms with Crippen LogP contribution in [0, 0.1) is 18.3 Å². The summed E-state index contributed by atoms with van der Waals surface area (Å²) in [6.07, 6.45) is 2.29. The average molecular weight is 531 g/mol. The summed E-state index contributed by atoms with van der Waals surface area (Å²) >= 11 is 0. The Bertz CT molecular complexity index is 1480. The monoisotopic (exact) mass is 530 g/mol. The summed E-state index contributed by atoms with van der Waals surface area (Å²) in [6, 6.07) is 20.8. The first-order chi connectivity index (χ1) is 17.8. The number of hydrogen-bond acceptors (Lipinski definition) is 7. The smallest absolute Gasteiger partial charge is 0.255 e. The van der Waals surface area contributed by atoms with Crippen molar-refractivity contribution in [3.8, 4) is 11.8 Å². The number of fused-ring (bicyclic) bond motifs is 1. The standard InChI is InChI=1S/C29H30N6O2.ClH/c1-19-8-9-22(34-28(36)20-6-4-7-21(14-20)29(2,3)17-31)15-25(19)35-27-24-11-10-23(37-13-5-12-30)16-26(24)32-18-33-27;/h4,6-11,14-16,18H,5,12-13,30H2,1-3H3,(H,34,36)(H,32,33,35);1H. The third-order valence-corrected chi connectivity index (χ3v) is 6.10. The van der Waals surface area contributed by atoms with E-state index < -0.39 is 5.41 Å². The predicted octanol–water partition coefficient (Wildman–Crippen LogP) is 5.88. The van der Waals surface area contributed by atoms with Crippen LogP contribution in [0.5, 0.6) is 5.75 Å². The van der Waals surface area contributed by atoms with Crippen LogP contribution in [-0.4, -0.2) is 29.0 Å². The number of nitriles is 1. The first-order valence-electron chi connectivity index (χ1n) is 12.1. The van der Waals surface area contributed by atoms with Crippen molar-refractivity contribution < 1.29 is 9.53 Å². The normalized spacial score (nSPS) is 10.8. The molecule has 4 N–H and O–H groups in total. The topological polar surface area (TPSA) is 126 Å². The minimum absolute atomic E-state index is 0. The lowest BCUT2D eigenvalue weighted by Crippen LogP contribution is -2.17. The molecule has 3 aromatic carbocycles. The van der Waals surface area contributed by atoms with Crippen molar-refractivity contribution in [1.29, 1.82) is 5.26 Å². The van der Waals surface area contributed by atoms with Gasteiger partial charge in [-0.1, -0.05) is 18.2 Å². The SMILES string of the molecule is Cc1ccc(NC(=O)c2cccc(C(C)(C)C#N)c2)cc1Nc1ncnc2cc(OCCCN)ccc12.Cl. The summed E-state index contributed by atoms with van der Waals surface area (Å²) < 4.78 is 5.74. The van der Waals surface area contributed by atoms with Crippen LogP contribution < -0.4 is 21.1 Å². The zero-order valence-electron chi connectivity index (χ0n) is 21.6. The number of nitrogens with one attached hydrogen (secondary N) is 2. The van der Waals surface area contributed by atoms with Gasteiger partial charge in [-0.3, -0.25) is 4.79 Å². The number of nitrogens with two attached hydrogens (primary N) is 1. The zero-order chi connectivity index (χ0) is 26.4. The molecule has 1 heterocycles. The predicted molar refractivity (Wildman–Crippen MR) is 153 cm³/mol. The molecule has 0 saturated carbocycles. The highest BCUT2D eigenvalue weighted by Gasteiger charge is 2.21. The van der Waals surface area contributed by atoms with Crippen molar-refractivity contribution in [2.45, 2.75) is 32.6 Å². The Morgan fingerprint density at radius 2 is 1.92 bits per heavy atom. The lowest BCUT2D eigenvalue weighted by atomic mass is 9.85. The van der Waals surface area contributed by atoms with Crippen LogP contribution in [0.25, 0.3) is 10.9 Å². The van der Waals surface area contributed by atoms with Crippen LogP contribution in [0.1, 0.15) is 41.8 Å². The molecule has 1 aromatic heterocycles. The molecular weight excluding hydrogens is 500 g/mol. The van der Waals surface area contributed by atoms with Crippen LogP contribution in [0.15, 0.2) is 67.0 Å². The highest BCUT2D eigenvalue weighted by molar-refractivity contribution is 6.04. The molecule has 1 amide bonds. The summed E-state index contributed by atoms with van der Waals surface area (Å²) in [5.74, 6) is 1.13. The second-order valence-corrected chi connectivity index (χ2v) is 9.32. The van der Waals surface area contributed by atoms with Gasteiger partial charge in [-0.2, -0.15) is 5.26 Å². The molecule has 9 heteroatoms. The van der Waals surface area contributed by atoms with Crippen molar-refractivity contribution in [3.63, 3.8) is 0 Å². The first kappa shape index (κ1) is 28.4. The van der Waals surface area contributed by atoms with Gasteiger partial charge in [0.1, 0.15) is 17.9 Å². The number of amides is 1. The van der Waals surface area contributed by atoms with E-state index in [1.165, 1.54) is 6.33 Å². The maximum absolute atomic E-state index is 13.0. The van der Waals surface area contributed by atoms with Gasteiger partial charge in [0.25, 0.3) is 5.91 Å². The number of aryl methyl sites for hydroxylation is 1. The van der Waals surface area contributed by atoms with E-state index in [4.69, 9.17) is 10.5 Å². The van der Waals surface area contributed by atoms with Gasteiger partial charge in [0.05, 0.1) is 23.6 Å². The van der Waals surface area contributed by atoms with E-state index in [2.05, 4.69) is 26.7 Å². The second kappa shape index (κ2) is 12.4. The van der Waals surface area contributed by atoms with Gasteiger partial charge >= 0.3 is 0 Å². The van der Waals surface area contributed by atoms with E-state index >= 15 is 0 Å². The van der Waals surface area contributed by atoms with Gasteiger partial charge in [0.2, 0.25) is 0 Å². The molecule has 0 aliphatic heterocycles. The molecule has 0 aliphatic carbocycles. The van der Waals surface area contributed by atoms with E-state index in [9.17, 15) is 10.1 Å². The quantitative estimate of drug-likeness (QED) is 0.230. The lowest BCUT2D eigenvalue weighted by Gasteiger charge is -2.17. The van der Waals surface area contributed by atoms with Crippen molar-refractivity contribution in [3.05, 3.63) is 83.7 Å². The van der Waals surface area contributed by atoms with Gasteiger partial charge in [-0.25, -0.2) is 9.97 Å². The lowest BCUT2D eigenvalue weighted by molar-refractivity contribution is 0.102. The fourth-order valence-electron chi connectivity index (χ4n) is 3.78. The maximum Gasteiger partial charge on any atom is 0.255 e. The van der Waals surface area contributed by atoms with Crippen molar-refractivity contribution in [2.75, 3.05) is 23.8 Å². The fourth-order valence-corrected chi connectivity index (χ4v) is 3.78. The van der Waals surface area contributed by atoms with Crippen molar-refractivity contribution in [2.24, 2.45) is 5.73 Å². The molecule has 4 aromatic rings. The summed E-state index contributed by atoms with van der Waals surface area (Å²) in [6.45, 7) is 6.77. The highest BCUT2D eigenvalue weighted by atomic mass is 35.5. The number of carbonyl (C=O) groups is 1. The van der Waals surface area contributed by atoms with Gasteiger partial charge in [-0.15, -0.1) is 12.4 Å². The molecule has 0 aliphatic rings. The van der Waals surface area contributed by atoms with Crippen LogP contribution in [-0.2, 0) is 5.41 Å². The first-order valence-corrected chi connectivity index (χ1v) is 12.1. The Kier molecular flexibility index (Phi) is 9.24. The highest BCUT2D eigenvalue weighted by Crippen LogP contribution is 2.29. The Balaban J connectivity index is 0.00000400. The molecule has 196 valence electrons. The molecule has 0 fully saturated rings. The Morgan fingerprint density at radius 1 is 1.11 bits per heavy atom. The van der Waals surface area contributed by atoms with Gasteiger partial charge < -0.3 is 21.1 Å². The molecular formula is C29H31ClN6O2. The average Bonchev–Trinajstić information content (AvgIpc) is 2.91. The molecule has 0 radical (unpaired) electrons. The fraction of sp³-hybridized carbons (Fsp3) is 0.241. The third-order valence-electron chi connectivity index (χ3n) is 6.10. The van der Waals surface area contributed by atoms with E-state index in [1.807, 2.05) is 63.2 Å². The molecule has 38 heavy (non-hydrogen) atoms. The minimum atomic E-state index is -0.686. The molecule has 0 saturated heterocycles. The van der Waals surface area contributed by atoms with Gasteiger partial charge in [0.15, 0.2) is 0 Å². The molecule has 0 bridgehead atoms.